The van der Waals surface area contributed by atoms with E-state index >= 15 is 0 Å². The summed E-state index contributed by atoms with van der Waals surface area (Å²) in [5.74, 6) is 0. The molecule has 0 atom stereocenters. The van der Waals surface area contributed by atoms with Gasteiger partial charge in [-0.05, 0) is 40.7 Å². The van der Waals surface area contributed by atoms with E-state index in [4.69, 9.17) is 0 Å². The highest BCUT2D eigenvalue weighted by atomic mass is 16.2. The quantitative estimate of drug-likeness (QED) is 0.676. The molecule has 2 N–H and O–H groups in total. The zero-order valence-corrected chi connectivity index (χ0v) is 15.0. The van der Waals surface area contributed by atoms with Gasteiger partial charge in [0.25, 0.3) is 0 Å². The van der Waals surface area contributed by atoms with Gasteiger partial charge >= 0.3 is 6.03 Å². The second-order valence-electron chi connectivity index (χ2n) is 6.27. The van der Waals surface area contributed by atoms with Crippen LogP contribution in [0, 0.1) is 0 Å². The van der Waals surface area contributed by atoms with E-state index in [9.17, 15) is 4.79 Å². The largest absolute Gasteiger partial charge is 0.341 e. The molecule has 132 valence electrons. The molecule has 3 aromatic carbocycles. The molecular formula is C23H24N2O. The van der Waals surface area contributed by atoms with Crippen LogP contribution in [0.15, 0.2) is 78.9 Å². The maximum Gasteiger partial charge on any atom is 0.314 e. The lowest BCUT2D eigenvalue weighted by molar-refractivity contribution is 0.242. The molecule has 3 nitrogen and oxygen atoms in total. The van der Waals surface area contributed by atoms with Crippen molar-refractivity contribution in [1.29, 1.82) is 0 Å². The standard InChI is InChI=1S/C23H24N2O/c1-24-23(26)25-17-19-13-11-18(12-14-19)15-16-21-9-5-6-10-22(21)20-7-3-2-4-8-20/h2-14H,15-17H2,1H3,(H2,24,25,26). The van der Waals surface area contributed by atoms with E-state index in [2.05, 4.69) is 83.4 Å². The molecular weight excluding hydrogens is 320 g/mol. The van der Waals surface area contributed by atoms with E-state index in [1.165, 1.54) is 22.3 Å². The minimum atomic E-state index is -0.161. The lowest BCUT2D eigenvalue weighted by Crippen LogP contribution is -2.32. The van der Waals surface area contributed by atoms with Crippen molar-refractivity contribution in [3.8, 4) is 11.1 Å². The highest BCUT2D eigenvalue weighted by Gasteiger charge is 2.05. The topological polar surface area (TPSA) is 41.1 Å². The van der Waals surface area contributed by atoms with Crippen molar-refractivity contribution in [1.82, 2.24) is 10.6 Å². The zero-order valence-electron chi connectivity index (χ0n) is 15.0. The number of rotatable bonds is 6. The predicted molar refractivity (Wildman–Crippen MR) is 107 cm³/mol. The summed E-state index contributed by atoms with van der Waals surface area (Å²) in [6.45, 7) is 0.538. The molecule has 0 radical (unpaired) electrons. The van der Waals surface area contributed by atoms with Gasteiger partial charge in [-0.25, -0.2) is 4.79 Å². The molecule has 26 heavy (non-hydrogen) atoms. The van der Waals surface area contributed by atoms with Gasteiger partial charge in [0, 0.05) is 13.6 Å². The highest BCUT2D eigenvalue weighted by Crippen LogP contribution is 2.24. The fraction of sp³-hybridized carbons (Fsp3) is 0.174. The fourth-order valence-electron chi connectivity index (χ4n) is 3.01. The number of hydrogen-bond acceptors (Lipinski definition) is 1. The van der Waals surface area contributed by atoms with Crippen LogP contribution in [0.4, 0.5) is 4.79 Å². The Labute approximate surface area is 155 Å². The predicted octanol–water partition coefficient (Wildman–Crippen LogP) is 4.57. The molecule has 0 bridgehead atoms. The molecule has 0 unspecified atom stereocenters. The van der Waals surface area contributed by atoms with Crippen LogP contribution in [0.5, 0.6) is 0 Å². The summed E-state index contributed by atoms with van der Waals surface area (Å²) in [4.78, 5) is 11.2. The number of aryl methyl sites for hydroxylation is 2. The molecule has 0 saturated carbocycles. The first kappa shape index (κ1) is 17.7. The number of carbonyl (C=O) groups excluding carboxylic acids is 1. The van der Waals surface area contributed by atoms with Crippen LogP contribution in [0.3, 0.4) is 0 Å². The molecule has 3 aromatic rings. The Morgan fingerprint density at radius 2 is 1.42 bits per heavy atom. The van der Waals surface area contributed by atoms with E-state index in [0.29, 0.717) is 6.54 Å². The van der Waals surface area contributed by atoms with Crippen LogP contribution in [0.2, 0.25) is 0 Å². The van der Waals surface area contributed by atoms with Gasteiger partial charge in [-0.3, -0.25) is 0 Å². The molecule has 0 aliphatic heterocycles. The third-order valence-corrected chi connectivity index (χ3v) is 4.49. The Hall–Kier alpha value is -3.07. The van der Waals surface area contributed by atoms with Gasteiger partial charge in [0.05, 0.1) is 0 Å². The van der Waals surface area contributed by atoms with Gasteiger partial charge in [-0.1, -0.05) is 78.9 Å². The molecule has 0 heterocycles. The minimum Gasteiger partial charge on any atom is -0.341 e. The number of carbonyl (C=O) groups is 1. The summed E-state index contributed by atoms with van der Waals surface area (Å²) < 4.78 is 0. The molecule has 0 aliphatic rings. The Morgan fingerprint density at radius 1 is 0.769 bits per heavy atom. The molecule has 0 aromatic heterocycles. The average Bonchev–Trinajstić information content (AvgIpc) is 2.72. The smallest absolute Gasteiger partial charge is 0.314 e. The highest BCUT2D eigenvalue weighted by molar-refractivity contribution is 5.73. The van der Waals surface area contributed by atoms with Crippen molar-refractivity contribution in [2.45, 2.75) is 19.4 Å². The monoisotopic (exact) mass is 344 g/mol. The molecule has 0 saturated heterocycles. The normalized spacial score (nSPS) is 10.3. The molecule has 0 fully saturated rings. The molecule has 0 aliphatic carbocycles. The summed E-state index contributed by atoms with van der Waals surface area (Å²) in [6, 6.07) is 27.4. The summed E-state index contributed by atoms with van der Waals surface area (Å²) in [6.07, 6.45) is 1.99. The fourth-order valence-corrected chi connectivity index (χ4v) is 3.01. The Morgan fingerprint density at radius 3 is 2.15 bits per heavy atom. The van der Waals surface area contributed by atoms with Crippen molar-refractivity contribution in [3.05, 3.63) is 95.6 Å². The van der Waals surface area contributed by atoms with Crippen LogP contribution < -0.4 is 10.6 Å². The van der Waals surface area contributed by atoms with Crippen LogP contribution in [-0.2, 0) is 19.4 Å². The number of hydrogen-bond donors (Lipinski definition) is 2. The van der Waals surface area contributed by atoms with Crippen molar-refractivity contribution < 1.29 is 4.79 Å². The first-order valence-corrected chi connectivity index (χ1v) is 8.93. The number of amides is 2. The van der Waals surface area contributed by atoms with Gasteiger partial charge in [0.2, 0.25) is 0 Å². The Kier molecular flexibility index (Phi) is 6.05. The molecule has 3 heteroatoms. The van der Waals surface area contributed by atoms with E-state index in [1.54, 1.807) is 7.05 Å². The van der Waals surface area contributed by atoms with E-state index in [0.717, 1.165) is 18.4 Å². The maximum atomic E-state index is 11.2. The maximum absolute atomic E-state index is 11.2. The van der Waals surface area contributed by atoms with Gasteiger partial charge in [-0.2, -0.15) is 0 Å². The summed E-state index contributed by atoms with van der Waals surface area (Å²) in [5, 5.41) is 5.36. The number of benzene rings is 3. The summed E-state index contributed by atoms with van der Waals surface area (Å²) in [7, 11) is 1.62. The first-order valence-electron chi connectivity index (χ1n) is 8.93. The summed E-state index contributed by atoms with van der Waals surface area (Å²) in [5.41, 5.74) is 6.33. The molecule has 0 spiro atoms. The average molecular weight is 344 g/mol. The second-order valence-corrected chi connectivity index (χ2v) is 6.27. The number of urea groups is 1. The van der Waals surface area contributed by atoms with Crippen molar-refractivity contribution >= 4 is 6.03 Å². The first-order chi connectivity index (χ1) is 12.8. The van der Waals surface area contributed by atoms with Gasteiger partial charge in [0.15, 0.2) is 0 Å². The van der Waals surface area contributed by atoms with Gasteiger partial charge < -0.3 is 10.6 Å². The Bertz CT molecular complexity index is 842. The van der Waals surface area contributed by atoms with Crippen LogP contribution >= 0.6 is 0 Å². The minimum absolute atomic E-state index is 0.161. The van der Waals surface area contributed by atoms with Crippen LogP contribution in [-0.4, -0.2) is 13.1 Å². The van der Waals surface area contributed by atoms with E-state index in [1.807, 2.05) is 6.07 Å². The van der Waals surface area contributed by atoms with Crippen LogP contribution in [0.25, 0.3) is 11.1 Å². The summed E-state index contributed by atoms with van der Waals surface area (Å²) >= 11 is 0. The Balaban J connectivity index is 1.64. The zero-order chi connectivity index (χ0) is 18.2. The lowest BCUT2D eigenvalue weighted by atomic mass is 9.95. The van der Waals surface area contributed by atoms with E-state index in [-0.39, 0.29) is 6.03 Å². The number of nitrogens with one attached hydrogen (secondary N) is 2. The second kappa shape index (κ2) is 8.86. The van der Waals surface area contributed by atoms with E-state index < -0.39 is 0 Å². The van der Waals surface area contributed by atoms with Gasteiger partial charge in [0.1, 0.15) is 0 Å². The SMILES string of the molecule is CNC(=O)NCc1ccc(CCc2ccccc2-c2ccccc2)cc1. The van der Waals surface area contributed by atoms with Gasteiger partial charge in [-0.15, -0.1) is 0 Å². The third kappa shape index (κ3) is 4.73. The van der Waals surface area contributed by atoms with Crippen LogP contribution in [0.1, 0.15) is 16.7 Å². The third-order valence-electron chi connectivity index (χ3n) is 4.49. The van der Waals surface area contributed by atoms with Crippen molar-refractivity contribution in [2.75, 3.05) is 7.05 Å². The molecule has 2 amide bonds. The van der Waals surface area contributed by atoms with Crippen molar-refractivity contribution in [2.24, 2.45) is 0 Å². The molecule has 3 rings (SSSR count). The lowest BCUT2D eigenvalue weighted by Gasteiger charge is -2.10. The van der Waals surface area contributed by atoms with Crippen molar-refractivity contribution in [3.63, 3.8) is 0 Å².